The zero-order valence-corrected chi connectivity index (χ0v) is 10.9. The number of carbonyl (C=O) groups excluding carboxylic acids is 2. The van der Waals surface area contributed by atoms with Crippen molar-refractivity contribution >= 4 is 11.8 Å². The predicted octanol–water partition coefficient (Wildman–Crippen LogP) is 2.22. The molecule has 4 nitrogen and oxygen atoms in total. The van der Waals surface area contributed by atoms with E-state index in [-0.39, 0.29) is 5.78 Å². The van der Waals surface area contributed by atoms with E-state index in [4.69, 9.17) is 4.74 Å². The molecule has 0 aliphatic rings. The number of allylic oxidation sites excluding steroid dienone is 1. The van der Waals surface area contributed by atoms with Crippen molar-refractivity contribution in [2.75, 3.05) is 14.2 Å². The van der Waals surface area contributed by atoms with E-state index in [0.29, 0.717) is 5.56 Å². The summed E-state index contributed by atoms with van der Waals surface area (Å²) in [6, 6.07) is 3.55. The van der Waals surface area contributed by atoms with Crippen molar-refractivity contribution in [1.29, 1.82) is 0 Å². The van der Waals surface area contributed by atoms with Crippen LogP contribution in [0.3, 0.4) is 0 Å². The van der Waals surface area contributed by atoms with Crippen LogP contribution in [0.25, 0.3) is 0 Å². The number of ether oxygens (including phenoxy) is 2. The number of hydrogen-bond acceptors (Lipinski definition) is 4. The third-order valence-corrected chi connectivity index (χ3v) is 2.58. The van der Waals surface area contributed by atoms with Gasteiger partial charge in [0.05, 0.1) is 14.2 Å². The van der Waals surface area contributed by atoms with E-state index in [1.54, 1.807) is 19.2 Å². The van der Waals surface area contributed by atoms with E-state index >= 15 is 0 Å². The molecule has 0 atom stereocenters. The van der Waals surface area contributed by atoms with E-state index in [2.05, 4.69) is 4.74 Å². The highest BCUT2D eigenvalue weighted by Gasteiger charge is 2.10. The van der Waals surface area contributed by atoms with Crippen molar-refractivity contribution in [3.05, 3.63) is 41.0 Å². The minimum absolute atomic E-state index is 0.233. The summed E-state index contributed by atoms with van der Waals surface area (Å²) in [5.41, 5.74) is 2.23. The van der Waals surface area contributed by atoms with Gasteiger partial charge in [0.15, 0.2) is 5.78 Å². The van der Waals surface area contributed by atoms with Crippen LogP contribution in [-0.4, -0.2) is 26.0 Å². The van der Waals surface area contributed by atoms with E-state index in [1.807, 2.05) is 13.8 Å². The molecule has 0 aliphatic heterocycles. The van der Waals surface area contributed by atoms with Gasteiger partial charge in [-0.25, -0.2) is 4.79 Å². The van der Waals surface area contributed by atoms with Crippen molar-refractivity contribution in [2.24, 2.45) is 0 Å². The summed E-state index contributed by atoms with van der Waals surface area (Å²) in [4.78, 5) is 22.8. The maximum Gasteiger partial charge on any atom is 0.330 e. The van der Waals surface area contributed by atoms with Crippen LogP contribution in [-0.2, 0) is 9.53 Å². The summed E-state index contributed by atoms with van der Waals surface area (Å²) >= 11 is 0. The summed E-state index contributed by atoms with van der Waals surface area (Å²) in [7, 11) is 2.85. The van der Waals surface area contributed by atoms with Gasteiger partial charge in [-0.2, -0.15) is 0 Å². The second-order valence-corrected chi connectivity index (χ2v) is 3.86. The van der Waals surface area contributed by atoms with Crippen molar-refractivity contribution in [1.82, 2.24) is 0 Å². The Balaban J connectivity index is 3.03. The third-order valence-electron chi connectivity index (χ3n) is 2.58. The van der Waals surface area contributed by atoms with Crippen LogP contribution in [0.2, 0.25) is 0 Å². The molecule has 0 saturated carbocycles. The van der Waals surface area contributed by atoms with E-state index in [0.717, 1.165) is 23.0 Å². The van der Waals surface area contributed by atoms with E-state index < -0.39 is 5.97 Å². The fourth-order valence-corrected chi connectivity index (χ4v) is 1.58. The highest BCUT2D eigenvalue weighted by atomic mass is 16.5. The molecule has 1 rings (SSSR count). The molecule has 0 aliphatic carbocycles. The normalized spacial score (nSPS) is 10.4. The molecule has 0 spiro atoms. The summed E-state index contributed by atoms with van der Waals surface area (Å²) < 4.78 is 9.60. The number of benzene rings is 1. The third kappa shape index (κ3) is 3.20. The van der Waals surface area contributed by atoms with Gasteiger partial charge in [-0.15, -0.1) is 0 Å². The molecular weight excluding hydrogens is 232 g/mol. The minimum atomic E-state index is -0.550. The fraction of sp³-hybridized carbons (Fsp3) is 0.286. The quantitative estimate of drug-likeness (QED) is 0.466. The van der Waals surface area contributed by atoms with E-state index in [1.165, 1.54) is 13.2 Å². The number of aryl methyl sites for hydroxylation is 2. The zero-order chi connectivity index (χ0) is 13.7. The van der Waals surface area contributed by atoms with Crippen LogP contribution in [0.5, 0.6) is 5.75 Å². The average molecular weight is 248 g/mol. The number of ketones is 1. The molecule has 18 heavy (non-hydrogen) atoms. The zero-order valence-electron chi connectivity index (χ0n) is 10.9. The van der Waals surface area contributed by atoms with Crippen LogP contribution in [0, 0.1) is 13.8 Å². The Kier molecular flexibility index (Phi) is 4.66. The maximum absolute atomic E-state index is 11.9. The summed E-state index contributed by atoms with van der Waals surface area (Å²) in [5, 5.41) is 0. The molecule has 0 saturated heterocycles. The molecule has 96 valence electrons. The van der Waals surface area contributed by atoms with Crippen molar-refractivity contribution in [3.8, 4) is 5.75 Å². The first-order chi connectivity index (χ1) is 8.49. The van der Waals surface area contributed by atoms with E-state index in [9.17, 15) is 9.59 Å². The molecule has 1 aromatic carbocycles. The van der Waals surface area contributed by atoms with Crippen molar-refractivity contribution in [3.63, 3.8) is 0 Å². The lowest BCUT2D eigenvalue weighted by Crippen LogP contribution is -2.02. The van der Waals surface area contributed by atoms with Gasteiger partial charge < -0.3 is 9.47 Å². The van der Waals surface area contributed by atoms with Gasteiger partial charge in [-0.1, -0.05) is 0 Å². The highest BCUT2D eigenvalue weighted by molar-refractivity contribution is 6.08. The molecule has 0 unspecified atom stereocenters. The molecule has 0 N–H and O–H groups in total. The Morgan fingerprint density at radius 3 is 2.28 bits per heavy atom. The highest BCUT2D eigenvalue weighted by Crippen LogP contribution is 2.22. The molecule has 1 aromatic rings. The monoisotopic (exact) mass is 248 g/mol. The summed E-state index contributed by atoms with van der Waals surface area (Å²) in [6.45, 7) is 3.68. The number of hydrogen-bond donors (Lipinski definition) is 0. The summed E-state index contributed by atoms with van der Waals surface area (Å²) in [6.07, 6.45) is 2.32. The standard InChI is InChI=1S/C14H16O4/c1-9-8-13(17-3)10(2)7-11(9)12(15)5-6-14(16)18-4/h5-8H,1-4H3/b6-5+. The molecule has 0 heterocycles. The SMILES string of the molecule is COC(=O)/C=C/C(=O)c1cc(C)c(OC)cc1C. The Morgan fingerprint density at radius 2 is 1.72 bits per heavy atom. The van der Waals surface area contributed by atoms with Gasteiger partial charge in [0.25, 0.3) is 0 Å². The van der Waals surface area contributed by atoms with Crippen LogP contribution in [0.15, 0.2) is 24.3 Å². The number of esters is 1. The van der Waals surface area contributed by atoms with Gasteiger partial charge in [-0.05, 0) is 43.2 Å². The average Bonchev–Trinajstić information content (AvgIpc) is 2.37. The van der Waals surface area contributed by atoms with Gasteiger partial charge in [-0.3, -0.25) is 4.79 Å². The molecule has 0 amide bonds. The molecular formula is C14H16O4. The number of methoxy groups -OCH3 is 2. The number of rotatable bonds is 4. The Bertz CT molecular complexity index is 501. The second-order valence-electron chi connectivity index (χ2n) is 3.86. The molecule has 0 radical (unpaired) electrons. The molecule has 0 bridgehead atoms. The Hall–Kier alpha value is -2.10. The number of carbonyl (C=O) groups is 2. The topological polar surface area (TPSA) is 52.6 Å². The van der Waals surface area contributed by atoms with Crippen LogP contribution in [0.1, 0.15) is 21.5 Å². The maximum atomic E-state index is 11.9. The molecule has 0 fully saturated rings. The lowest BCUT2D eigenvalue weighted by atomic mass is 10.0. The smallest absolute Gasteiger partial charge is 0.330 e. The lowest BCUT2D eigenvalue weighted by Gasteiger charge is -2.09. The first kappa shape index (κ1) is 14.0. The first-order valence-corrected chi connectivity index (χ1v) is 5.45. The van der Waals surface area contributed by atoms with Crippen LogP contribution >= 0.6 is 0 Å². The van der Waals surface area contributed by atoms with Gasteiger partial charge in [0.2, 0.25) is 0 Å². The van der Waals surface area contributed by atoms with Gasteiger partial charge in [0, 0.05) is 11.6 Å². The van der Waals surface area contributed by atoms with Gasteiger partial charge in [0.1, 0.15) is 5.75 Å². The Morgan fingerprint density at radius 1 is 1.06 bits per heavy atom. The molecule has 4 heteroatoms. The lowest BCUT2D eigenvalue weighted by molar-refractivity contribution is -0.134. The first-order valence-electron chi connectivity index (χ1n) is 5.45. The van der Waals surface area contributed by atoms with Crippen LogP contribution < -0.4 is 4.74 Å². The minimum Gasteiger partial charge on any atom is -0.496 e. The predicted molar refractivity (Wildman–Crippen MR) is 68.0 cm³/mol. The summed E-state index contributed by atoms with van der Waals surface area (Å²) in [5.74, 6) is -0.0455. The Labute approximate surface area is 106 Å². The van der Waals surface area contributed by atoms with Crippen molar-refractivity contribution < 1.29 is 19.1 Å². The molecule has 0 aromatic heterocycles. The van der Waals surface area contributed by atoms with Crippen molar-refractivity contribution in [2.45, 2.75) is 13.8 Å². The van der Waals surface area contributed by atoms with Crippen LogP contribution in [0.4, 0.5) is 0 Å². The second kappa shape index (κ2) is 6.00. The largest absolute Gasteiger partial charge is 0.496 e. The fourth-order valence-electron chi connectivity index (χ4n) is 1.58. The van der Waals surface area contributed by atoms with Gasteiger partial charge >= 0.3 is 5.97 Å².